The third-order valence-corrected chi connectivity index (χ3v) is 3.06. The van der Waals surface area contributed by atoms with Gasteiger partial charge in [-0.2, -0.15) is 5.10 Å². The predicted octanol–water partition coefficient (Wildman–Crippen LogP) is 3.70. The third kappa shape index (κ3) is 1.77. The number of halogens is 2. The summed E-state index contributed by atoms with van der Waals surface area (Å²) in [6.07, 6.45) is 1.66. The predicted molar refractivity (Wildman–Crippen MR) is 68.4 cm³/mol. The Labute approximate surface area is 108 Å². The van der Waals surface area contributed by atoms with Crippen LogP contribution in [0.1, 0.15) is 0 Å². The number of hydrogen-bond donors (Lipinski definition) is 0. The maximum atomic E-state index is 6.13. The molecule has 1 aromatic carbocycles. The van der Waals surface area contributed by atoms with E-state index < -0.39 is 0 Å². The number of benzene rings is 1. The normalized spacial score (nSPS) is 10.9. The van der Waals surface area contributed by atoms with Crippen LogP contribution < -0.4 is 0 Å². The molecule has 3 nitrogen and oxygen atoms in total. The Kier molecular flexibility index (Phi) is 2.50. The van der Waals surface area contributed by atoms with Crippen LogP contribution in [0.3, 0.4) is 0 Å². The number of aromatic nitrogens is 3. The Balaban J connectivity index is 2.28. The van der Waals surface area contributed by atoms with Gasteiger partial charge >= 0.3 is 0 Å². The molecule has 0 unspecified atom stereocenters. The van der Waals surface area contributed by atoms with E-state index in [2.05, 4.69) is 10.1 Å². The zero-order valence-corrected chi connectivity index (χ0v) is 10.2. The van der Waals surface area contributed by atoms with Gasteiger partial charge in [-0.05, 0) is 6.07 Å². The largest absolute Gasteiger partial charge is 0.228 e. The highest BCUT2D eigenvalue weighted by molar-refractivity contribution is 6.33. The lowest BCUT2D eigenvalue weighted by Gasteiger charge is -2.05. The second-order valence-corrected chi connectivity index (χ2v) is 4.34. The lowest BCUT2D eigenvalue weighted by molar-refractivity contribution is 0.942. The first-order valence-corrected chi connectivity index (χ1v) is 5.76. The first-order valence-electron chi connectivity index (χ1n) is 5.01. The Morgan fingerprint density at radius 2 is 1.88 bits per heavy atom. The fourth-order valence-corrected chi connectivity index (χ4v) is 2.15. The molecule has 0 fully saturated rings. The summed E-state index contributed by atoms with van der Waals surface area (Å²) in [6.45, 7) is 0. The zero-order valence-electron chi connectivity index (χ0n) is 8.64. The Morgan fingerprint density at radius 3 is 2.71 bits per heavy atom. The zero-order chi connectivity index (χ0) is 11.8. The van der Waals surface area contributed by atoms with Gasteiger partial charge in [0, 0.05) is 22.7 Å². The minimum atomic E-state index is 0.509. The molecular formula is C12H7Cl2N3. The Hall–Kier alpha value is -1.58. The van der Waals surface area contributed by atoms with Crippen molar-refractivity contribution >= 4 is 28.8 Å². The van der Waals surface area contributed by atoms with Crippen molar-refractivity contribution in [3.63, 3.8) is 0 Å². The number of nitrogens with zero attached hydrogens (tertiary/aromatic N) is 3. The molecule has 0 spiro atoms. The summed E-state index contributed by atoms with van der Waals surface area (Å²) in [5, 5.41) is 5.23. The van der Waals surface area contributed by atoms with Crippen molar-refractivity contribution in [2.45, 2.75) is 0 Å². The molecule has 84 valence electrons. The second kappa shape index (κ2) is 4.02. The highest BCUT2D eigenvalue weighted by Gasteiger charge is 2.08. The molecule has 0 atom stereocenters. The molecule has 0 amide bonds. The molecule has 0 N–H and O–H groups in total. The summed E-state index contributed by atoms with van der Waals surface area (Å²) in [4.78, 5) is 4.46. The van der Waals surface area contributed by atoms with Gasteiger partial charge in [0.1, 0.15) is 5.15 Å². The van der Waals surface area contributed by atoms with E-state index in [1.165, 1.54) is 0 Å². The first kappa shape index (κ1) is 10.6. The smallest absolute Gasteiger partial charge is 0.157 e. The Bertz CT molecular complexity index is 691. The number of rotatable bonds is 1. The SMILES string of the molecule is Clc1ccccc1-c1cc(Cl)n2nccc2n1. The molecule has 0 saturated heterocycles. The van der Waals surface area contributed by atoms with Gasteiger partial charge in [0.05, 0.1) is 11.9 Å². The van der Waals surface area contributed by atoms with Gasteiger partial charge in [-0.15, -0.1) is 0 Å². The molecule has 0 bridgehead atoms. The summed E-state index contributed by atoms with van der Waals surface area (Å²) >= 11 is 12.3. The molecule has 17 heavy (non-hydrogen) atoms. The van der Waals surface area contributed by atoms with E-state index in [4.69, 9.17) is 23.2 Å². The van der Waals surface area contributed by atoms with Crippen LogP contribution >= 0.6 is 23.2 Å². The summed E-state index contributed by atoms with van der Waals surface area (Å²) < 4.78 is 1.57. The molecule has 0 aliphatic heterocycles. The lowest BCUT2D eigenvalue weighted by atomic mass is 10.1. The van der Waals surface area contributed by atoms with E-state index >= 15 is 0 Å². The molecule has 3 rings (SSSR count). The summed E-state index contributed by atoms with van der Waals surface area (Å²) in [6, 6.07) is 11.1. The van der Waals surface area contributed by atoms with Gasteiger partial charge in [-0.3, -0.25) is 0 Å². The summed E-state index contributed by atoms with van der Waals surface area (Å²) in [5.41, 5.74) is 2.31. The molecule has 0 aliphatic carbocycles. The van der Waals surface area contributed by atoms with Crippen LogP contribution in [0, 0.1) is 0 Å². The van der Waals surface area contributed by atoms with Crippen LogP contribution in [0.5, 0.6) is 0 Å². The van der Waals surface area contributed by atoms with Crippen molar-refractivity contribution in [1.82, 2.24) is 14.6 Å². The van der Waals surface area contributed by atoms with Crippen molar-refractivity contribution < 1.29 is 0 Å². The highest BCUT2D eigenvalue weighted by atomic mass is 35.5. The summed E-state index contributed by atoms with van der Waals surface area (Å²) in [7, 11) is 0. The average molecular weight is 264 g/mol. The first-order chi connectivity index (χ1) is 8.25. The van der Waals surface area contributed by atoms with Crippen LogP contribution in [0.4, 0.5) is 0 Å². The van der Waals surface area contributed by atoms with Gasteiger partial charge in [0.2, 0.25) is 0 Å². The van der Waals surface area contributed by atoms with Crippen molar-refractivity contribution in [3.8, 4) is 11.3 Å². The van der Waals surface area contributed by atoms with Crippen molar-refractivity contribution in [3.05, 3.63) is 52.8 Å². The molecular weight excluding hydrogens is 257 g/mol. The molecule has 5 heteroatoms. The van der Waals surface area contributed by atoms with Gasteiger partial charge < -0.3 is 0 Å². The van der Waals surface area contributed by atoms with E-state index in [0.717, 1.165) is 11.3 Å². The molecule has 0 saturated carbocycles. The highest BCUT2D eigenvalue weighted by Crippen LogP contribution is 2.28. The summed E-state index contributed by atoms with van der Waals surface area (Å²) in [5.74, 6) is 0. The number of fused-ring (bicyclic) bond motifs is 1. The number of hydrogen-bond acceptors (Lipinski definition) is 2. The molecule has 0 aliphatic rings. The minimum absolute atomic E-state index is 0.509. The van der Waals surface area contributed by atoms with Crippen molar-refractivity contribution in [2.75, 3.05) is 0 Å². The van der Waals surface area contributed by atoms with E-state index in [1.807, 2.05) is 24.3 Å². The molecule has 0 radical (unpaired) electrons. The lowest BCUT2D eigenvalue weighted by Crippen LogP contribution is -1.94. The maximum Gasteiger partial charge on any atom is 0.157 e. The van der Waals surface area contributed by atoms with Crippen LogP contribution in [-0.2, 0) is 0 Å². The van der Waals surface area contributed by atoms with E-state index in [9.17, 15) is 0 Å². The molecule has 3 aromatic rings. The van der Waals surface area contributed by atoms with Crippen LogP contribution in [-0.4, -0.2) is 14.6 Å². The van der Waals surface area contributed by atoms with E-state index in [0.29, 0.717) is 15.8 Å². The van der Waals surface area contributed by atoms with E-state index in [-0.39, 0.29) is 0 Å². The van der Waals surface area contributed by atoms with Gasteiger partial charge in [0.25, 0.3) is 0 Å². The van der Waals surface area contributed by atoms with Crippen molar-refractivity contribution in [1.29, 1.82) is 0 Å². The quantitative estimate of drug-likeness (QED) is 0.627. The third-order valence-electron chi connectivity index (χ3n) is 2.47. The van der Waals surface area contributed by atoms with Crippen LogP contribution in [0.15, 0.2) is 42.6 Å². The molecule has 2 heterocycles. The van der Waals surface area contributed by atoms with Gasteiger partial charge in [0.15, 0.2) is 5.65 Å². The fraction of sp³-hybridized carbons (Fsp3) is 0. The van der Waals surface area contributed by atoms with Crippen molar-refractivity contribution in [2.24, 2.45) is 0 Å². The maximum absolute atomic E-state index is 6.13. The van der Waals surface area contributed by atoms with E-state index in [1.54, 1.807) is 22.8 Å². The van der Waals surface area contributed by atoms with Crippen LogP contribution in [0.2, 0.25) is 10.2 Å². The second-order valence-electron chi connectivity index (χ2n) is 3.55. The monoisotopic (exact) mass is 263 g/mol. The Morgan fingerprint density at radius 1 is 1.06 bits per heavy atom. The molecule has 2 aromatic heterocycles. The van der Waals surface area contributed by atoms with Gasteiger partial charge in [-0.25, -0.2) is 9.50 Å². The average Bonchev–Trinajstić information content (AvgIpc) is 2.78. The fourth-order valence-electron chi connectivity index (χ4n) is 1.68. The standard InChI is InChI=1S/C12H7Cl2N3/c13-9-4-2-1-3-8(9)10-7-11(14)17-12(16-10)5-6-15-17/h1-7H. The minimum Gasteiger partial charge on any atom is -0.228 e. The van der Waals surface area contributed by atoms with Gasteiger partial charge in [-0.1, -0.05) is 41.4 Å². The van der Waals surface area contributed by atoms with Crippen LogP contribution in [0.25, 0.3) is 16.9 Å². The topological polar surface area (TPSA) is 30.2 Å².